The van der Waals surface area contributed by atoms with Crippen LogP contribution in [0.2, 0.25) is 0 Å². The summed E-state index contributed by atoms with van der Waals surface area (Å²) in [5, 5.41) is 3.43. The van der Waals surface area contributed by atoms with E-state index in [1.54, 1.807) is 7.11 Å². The number of benzene rings is 2. The molecular weight excluding hydrogens is 436 g/mol. The Balaban J connectivity index is 1.58. The molecule has 2 amide bonds. The number of ether oxygens (including phenoxy) is 1. The van der Waals surface area contributed by atoms with Crippen molar-refractivity contribution in [1.29, 1.82) is 0 Å². The van der Waals surface area contributed by atoms with Gasteiger partial charge in [-0.1, -0.05) is 75.3 Å². The summed E-state index contributed by atoms with van der Waals surface area (Å²) < 4.78 is 5.40. The van der Waals surface area contributed by atoms with Gasteiger partial charge in [0.1, 0.15) is 5.75 Å². The summed E-state index contributed by atoms with van der Waals surface area (Å²) >= 11 is 0. The molecule has 2 atom stereocenters. The van der Waals surface area contributed by atoms with E-state index in [2.05, 4.69) is 10.2 Å². The van der Waals surface area contributed by atoms with Gasteiger partial charge in [0.25, 0.3) is 5.91 Å². The minimum Gasteiger partial charge on any atom is -0.497 e. The summed E-state index contributed by atoms with van der Waals surface area (Å²) in [4.78, 5) is 30.2. The highest BCUT2D eigenvalue weighted by molar-refractivity contribution is 6.01. The van der Waals surface area contributed by atoms with E-state index in [0.29, 0.717) is 5.56 Å². The molecule has 0 radical (unpaired) electrons. The second kappa shape index (κ2) is 10.8. The summed E-state index contributed by atoms with van der Waals surface area (Å²) in [6, 6.07) is 15.8. The highest BCUT2D eigenvalue weighted by Crippen LogP contribution is 2.46. The molecule has 186 valence electrons. The first kappa shape index (κ1) is 23.9. The average molecular weight is 475 g/mol. The van der Waals surface area contributed by atoms with E-state index in [1.165, 1.54) is 32.1 Å². The van der Waals surface area contributed by atoms with Gasteiger partial charge < -0.3 is 15.0 Å². The van der Waals surface area contributed by atoms with Gasteiger partial charge in [0, 0.05) is 17.6 Å². The number of fused-ring (bicyclic) bond motifs is 1. The molecule has 2 aromatic rings. The van der Waals surface area contributed by atoms with Crippen LogP contribution in [0.5, 0.6) is 5.75 Å². The molecule has 2 saturated carbocycles. The van der Waals surface area contributed by atoms with E-state index >= 15 is 0 Å². The van der Waals surface area contributed by atoms with E-state index in [-0.39, 0.29) is 29.9 Å². The van der Waals surface area contributed by atoms with Gasteiger partial charge in [-0.15, -0.1) is 0 Å². The Morgan fingerprint density at radius 3 is 2.17 bits per heavy atom. The van der Waals surface area contributed by atoms with Crippen LogP contribution in [0.4, 0.5) is 0 Å². The van der Waals surface area contributed by atoms with Crippen molar-refractivity contribution in [3.05, 3.63) is 65.2 Å². The molecule has 5 heteroatoms. The molecule has 0 saturated heterocycles. The second-order valence-corrected chi connectivity index (χ2v) is 10.5. The largest absolute Gasteiger partial charge is 0.497 e. The summed E-state index contributed by atoms with van der Waals surface area (Å²) in [7, 11) is 1.66. The topological polar surface area (TPSA) is 58.6 Å². The van der Waals surface area contributed by atoms with Crippen LogP contribution in [-0.4, -0.2) is 35.9 Å². The smallest absolute Gasteiger partial charge is 0.254 e. The lowest BCUT2D eigenvalue weighted by Crippen LogP contribution is -2.52. The Bertz CT molecular complexity index is 1020. The molecular formula is C30H38N2O3. The Kier molecular flexibility index (Phi) is 7.40. The monoisotopic (exact) mass is 474 g/mol. The molecule has 1 aliphatic heterocycles. The fraction of sp³-hybridized carbons (Fsp3) is 0.533. The van der Waals surface area contributed by atoms with Crippen LogP contribution in [0, 0.1) is 0 Å². The molecule has 1 heterocycles. The van der Waals surface area contributed by atoms with Crippen molar-refractivity contribution in [2.24, 2.45) is 0 Å². The van der Waals surface area contributed by atoms with Crippen LogP contribution < -0.4 is 10.1 Å². The first-order valence-electron chi connectivity index (χ1n) is 13.5. The van der Waals surface area contributed by atoms with Crippen molar-refractivity contribution in [2.45, 2.75) is 94.7 Å². The second-order valence-electron chi connectivity index (χ2n) is 10.5. The number of methoxy groups -OCH3 is 1. The molecule has 2 aromatic carbocycles. The Labute approximate surface area is 209 Å². The molecule has 0 spiro atoms. The predicted octanol–water partition coefficient (Wildman–Crippen LogP) is 6.15. The average Bonchev–Trinajstić information content (AvgIpc) is 3.17. The van der Waals surface area contributed by atoms with Crippen LogP contribution in [-0.2, 0) is 4.79 Å². The van der Waals surface area contributed by atoms with Crippen molar-refractivity contribution in [2.75, 3.05) is 7.11 Å². The third kappa shape index (κ3) is 4.96. The molecule has 2 fully saturated rings. The molecule has 0 aromatic heterocycles. The normalized spacial score (nSPS) is 23.9. The van der Waals surface area contributed by atoms with E-state index in [1.807, 2.05) is 48.5 Å². The van der Waals surface area contributed by atoms with Crippen LogP contribution >= 0.6 is 0 Å². The van der Waals surface area contributed by atoms with Crippen LogP contribution in [0.15, 0.2) is 48.5 Å². The lowest BCUT2D eigenvalue weighted by atomic mass is 9.77. The fourth-order valence-corrected chi connectivity index (χ4v) is 6.46. The third-order valence-corrected chi connectivity index (χ3v) is 8.29. The first-order valence-corrected chi connectivity index (χ1v) is 13.5. The molecule has 1 N–H and O–H groups in total. The molecule has 5 nitrogen and oxygen atoms in total. The molecule has 2 unspecified atom stereocenters. The zero-order valence-electron chi connectivity index (χ0n) is 20.9. The van der Waals surface area contributed by atoms with Gasteiger partial charge in [0.15, 0.2) is 0 Å². The number of carbonyl (C=O) groups is 2. The van der Waals surface area contributed by atoms with Gasteiger partial charge in [-0.3, -0.25) is 9.59 Å². The number of carbonyl (C=O) groups excluding carboxylic acids is 2. The van der Waals surface area contributed by atoms with E-state index < -0.39 is 5.92 Å². The zero-order valence-corrected chi connectivity index (χ0v) is 20.9. The Hall–Kier alpha value is -2.82. The van der Waals surface area contributed by atoms with Gasteiger partial charge in [0.05, 0.1) is 19.1 Å². The maximum absolute atomic E-state index is 14.1. The lowest BCUT2D eigenvalue weighted by molar-refractivity contribution is -0.125. The molecule has 5 rings (SSSR count). The summed E-state index contributed by atoms with van der Waals surface area (Å²) in [6.45, 7) is 0. The first-order chi connectivity index (χ1) is 17.2. The predicted molar refractivity (Wildman–Crippen MR) is 138 cm³/mol. The number of nitrogens with zero attached hydrogens (tertiary/aromatic N) is 1. The van der Waals surface area contributed by atoms with E-state index in [0.717, 1.165) is 55.4 Å². The summed E-state index contributed by atoms with van der Waals surface area (Å²) in [6.07, 6.45) is 12.4. The van der Waals surface area contributed by atoms with Crippen molar-refractivity contribution in [3.8, 4) is 5.75 Å². The number of hydrogen-bond acceptors (Lipinski definition) is 3. The van der Waals surface area contributed by atoms with Gasteiger partial charge in [-0.2, -0.15) is 0 Å². The van der Waals surface area contributed by atoms with Gasteiger partial charge >= 0.3 is 0 Å². The molecule has 2 aliphatic carbocycles. The van der Waals surface area contributed by atoms with Gasteiger partial charge in [0.2, 0.25) is 5.91 Å². The maximum Gasteiger partial charge on any atom is 0.254 e. The van der Waals surface area contributed by atoms with Crippen LogP contribution in [0.3, 0.4) is 0 Å². The molecule has 35 heavy (non-hydrogen) atoms. The number of hydrogen-bond donors (Lipinski definition) is 1. The SMILES string of the molecule is COc1ccc(C2C(C(=O)NC3CCCCCC3)c3ccccc3C(=O)N2C2CCCCC2)cc1. The van der Waals surface area contributed by atoms with Crippen molar-refractivity contribution < 1.29 is 14.3 Å². The molecule has 0 bridgehead atoms. The molecule has 3 aliphatic rings. The van der Waals surface area contributed by atoms with E-state index in [4.69, 9.17) is 4.74 Å². The van der Waals surface area contributed by atoms with Crippen molar-refractivity contribution in [3.63, 3.8) is 0 Å². The van der Waals surface area contributed by atoms with Crippen LogP contribution in [0.25, 0.3) is 0 Å². The van der Waals surface area contributed by atoms with Crippen molar-refractivity contribution >= 4 is 11.8 Å². The lowest BCUT2D eigenvalue weighted by Gasteiger charge is -2.47. The fourth-order valence-electron chi connectivity index (χ4n) is 6.46. The quantitative estimate of drug-likeness (QED) is 0.529. The minimum absolute atomic E-state index is 0.0541. The Morgan fingerprint density at radius 2 is 1.49 bits per heavy atom. The summed E-state index contributed by atoms with van der Waals surface area (Å²) in [5.41, 5.74) is 2.54. The van der Waals surface area contributed by atoms with Crippen molar-refractivity contribution in [1.82, 2.24) is 10.2 Å². The van der Waals surface area contributed by atoms with Gasteiger partial charge in [-0.05, 0) is 55.0 Å². The number of nitrogens with one attached hydrogen (secondary N) is 1. The Morgan fingerprint density at radius 1 is 0.857 bits per heavy atom. The summed E-state index contributed by atoms with van der Waals surface area (Å²) in [5.74, 6) is 0.466. The minimum atomic E-state index is -0.428. The van der Waals surface area contributed by atoms with Gasteiger partial charge in [-0.25, -0.2) is 0 Å². The maximum atomic E-state index is 14.1. The zero-order chi connectivity index (χ0) is 24.2. The number of rotatable bonds is 5. The third-order valence-electron chi connectivity index (χ3n) is 8.29. The highest BCUT2D eigenvalue weighted by atomic mass is 16.5. The highest BCUT2D eigenvalue weighted by Gasteiger charge is 2.46. The van der Waals surface area contributed by atoms with E-state index in [9.17, 15) is 9.59 Å². The number of amides is 2. The van der Waals surface area contributed by atoms with Crippen LogP contribution in [0.1, 0.15) is 104 Å². The standard InChI is InChI=1S/C30H38N2O3/c1-35-24-19-17-21(18-20-24)28-27(29(33)31-22-11-5-2-3-6-12-22)25-15-9-10-16-26(25)30(34)32(28)23-13-7-4-8-14-23/h9-10,15-20,22-23,27-28H,2-8,11-14H2,1H3,(H,31,33).